The molecule has 0 radical (unpaired) electrons. The third kappa shape index (κ3) is 6.25. The fourth-order valence-electron chi connectivity index (χ4n) is 3.97. The second kappa shape index (κ2) is 12.1. The van der Waals surface area contributed by atoms with Gasteiger partial charge in [0.05, 0.1) is 24.7 Å². The molecular weight excluding hydrogens is 524 g/mol. The highest BCUT2D eigenvalue weighted by molar-refractivity contribution is 7.13. The number of amides is 3. The van der Waals surface area contributed by atoms with Crippen LogP contribution in [-0.2, 0) is 0 Å². The molecule has 0 aliphatic heterocycles. The lowest BCUT2D eigenvalue weighted by molar-refractivity contribution is 0.102. The topological polar surface area (TPSA) is 108 Å². The van der Waals surface area contributed by atoms with Crippen molar-refractivity contribution in [2.75, 3.05) is 28.0 Å². The molecule has 10 heteroatoms. The van der Waals surface area contributed by atoms with Crippen LogP contribution in [0.3, 0.4) is 0 Å². The molecule has 0 aliphatic rings. The largest absolute Gasteiger partial charge is 0.497 e. The third-order valence-electron chi connectivity index (χ3n) is 5.98. The van der Waals surface area contributed by atoms with E-state index >= 15 is 0 Å². The summed E-state index contributed by atoms with van der Waals surface area (Å²) in [5.74, 6) is 0.429. The number of pyridine rings is 1. The van der Waals surface area contributed by atoms with Crippen molar-refractivity contribution < 1.29 is 14.3 Å². The van der Waals surface area contributed by atoms with E-state index in [-0.39, 0.29) is 5.91 Å². The highest BCUT2D eigenvalue weighted by Crippen LogP contribution is 2.38. The molecule has 2 heterocycles. The standard InChI is InChI=1S/C30H26N6O3S/c1-20-5-8-24(18-27(20)36(30-32-16-17-40-30)25-4-3-15-31-19-25)33-28(37)21-6-9-22(10-7-21)34-29(38)35-23-11-13-26(39-2)14-12-23/h3-19H,1-2H3,(H,33,37)(H2,34,35,38). The Kier molecular flexibility index (Phi) is 7.98. The maximum atomic E-state index is 13.1. The van der Waals surface area contributed by atoms with Crippen LogP contribution < -0.4 is 25.6 Å². The van der Waals surface area contributed by atoms with Gasteiger partial charge in [0.1, 0.15) is 5.75 Å². The zero-order valence-electron chi connectivity index (χ0n) is 21.8. The monoisotopic (exact) mass is 550 g/mol. The number of anilines is 6. The molecular formula is C30H26N6O3S. The van der Waals surface area contributed by atoms with Gasteiger partial charge in [0.25, 0.3) is 5.91 Å². The molecule has 0 saturated carbocycles. The number of hydrogen-bond donors (Lipinski definition) is 3. The molecule has 0 spiro atoms. The number of rotatable bonds is 8. The van der Waals surface area contributed by atoms with Gasteiger partial charge in [-0.1, -0.05) is 6.07 Å². The number of methoxy groups -OCH3 is 1. The first kappa shape index (κ1) is 26.4. The number of thiazole rings is 1. The number of nitrogens with zero attached hydrogens (tertiary/aromatic N) is 3. The van der Waals surface area contributed by atoms with Crippen molar-refractivity contribution in [2.45, 2.75) is 6.92 Å². The normalized spacial score (nSPS) is 10.4. The lowest BCUT2D eigenvalue weighted by Gasteiger charge is -2.24. The second-order valence-electron chi connectivity index (χ2n) is 8.70. The number of nitrogens with one attached hydrogen (secondary N) is 3. The highest BCUT2D eigenvalue weighted by Gasteiger charge is 2.18. The van der Waals surface area contributed by atoms with Gasteiger partial charge in [-0.2, -0.15) is 0 Å². The quantitative estimate of drug-likeness (QED) is 0.188. The Bertz CT molecular complexity index is 1590. The van der Waals surface area contributed by atoms with E-state index in [0.717, 1.165) is 22.1 Å². The minimum atomic E-state index is -0.395. The molecule has 3 aromatic carbocycles. The number of carbonyl (C=O) groups excluding carboxylic acids is 2. The van der Waals surface area contributed by atoms with E-state index in [1.165, 1.54) is 11.3 Å². The zero-order valence-corrected chi connectivity index (χ0v) is 22.6. The van der Waals surface area contributed by atoms with Gasteiger partial charge < -0.3 is 20.7 Å². The van der Waals surface area contributed by atoms with Crippen molar-refractivity contribution in [1.82, 2.24) is 9.97 Å². The number of aryl methyl sites for hydroxylation is 1. The third-order valence-corrected chi connectivity index (χ3v) is 6.73. The number of benzene rings is 3. The first-order valence-electron chi connectivity index (χ1n) is 12.3. The second-order valence-corrected chi connectivity index (χ2v) is 9.57. The van der Waals surface area contributed by atoms with Crippen molar-refractivity contribution in [3.63, 3.8) is 0 Å². The molecule has 40 heavy (non-hydrogen) atoms. The Balaban J connectivity index is 1.27. The predicted molar refractivity (Wildman–Crippen MR) is 159 cm³/mol. The van der Waals surface area contributed by atoms with Crippen LogP contribution in [0.2, 0.25) is 0 Å². The molecule has 0 unspecified atom stereocenters. The number of ether oxygens (including phenoxy) is 1. The summed E-state index contributed by atoms with van der Waals surface area (Å²) in [5.41, 5.74) is 5.02. The lowest BCUT2D eigenvalue weighted by Crippen LogP contribution is -2.19. The molecule has 5 rings (SSSR count). The van der Waals surface area contributed by atoms with E-state index in [9.17, 15) is 9.59 Å². The molecule has 2 aromatic heterocycles. The molecule has 0 atom stereocenters. The summed E-state index contributed by atoms with van der Waals surface area (Å²) in [7, 11) is 1.58. The Morgan fingerprint density at radius 2 is 1.55 bits per heavy atom. The molecule has 200 valence electrons. The lowest BCUT2D eigenvalue weighted by atomic mass is 10.1. The van der Waals surface area contributed by atoms with Crippen LogP contribution >= 0.6 is 11.3 Å². The minimum absolute atomic E-state index is 0.272. The SMILES string of the molecule is COc1ccc(NC(=O)Nc2ccc(C(=O)Nc3ccc(C)c(N(c4cccnc4)c4nccs4)c3)cc2)cc1. The van der Waals surface area contributed by atoms with Crippen LogP contribution in [-0.4, -0.2) is 29.0 Å². The molecule has 3 N–H and O–H groups in total. The smallest absolute Gasteiger partial charge is 0.323 e. The van der Waals surface area contributed by atoms with Gasteiger partial charge in [0.15, 0.2) is 5.13 Å². The number of hydrogen-bond acceptors (Lipinski definition) is 7. The first-order chi connectivity index (χ1) is 19.5. The van der Waals surface area contributed by atoms with Crippen molar-refractivity contribution in [1.29, 1.82) is 0 Å². The molecule has 9 nitrogen and oxygen atoms in total. The zero-order chi connectivity index (χ0) is 27.9. The Hall–Kier alpha value is -5.22. The Morgan fingerprint density at radius 1 is 0.850 bits per heavy atom. The van der Waals surface area contributed by atoms with E-state index in [1.54, 1.807) is 74.2 Å². The van der Waals surface area contributed by atoms with E-state index in [2.05, 4.69) is 25.9 Å². The number of carbonyl (C=O) groups is 2. The molecule has 0 fully saturated rings. The van der Waals surface area contributed by atoms with Gasteiger partial charge in [0.2, 0.25) is 0 Å². The Morgan fingerprint density at radius 3 is 2.17 bits per heavy atom. The molecule has 3 amide bonds. The maximum Gasteiger partial charge on any atom is 0.323 e. The first-order valence-corrected chi connectivity index (χ1v) is 13.2. The van der Waals surface area contributed by atoms with Crippen LogP contribution in [0.4, 0.5) is 38.4 Å². The van der Waals surface area contributed by atoms with Crippen LogP contribution in [0.15, 0.2) is 103 Å². The number of aromatic nitrogens is 2. The van der Waals surface area contributed by atoms with Crippen molar-refractivity contribution in [3.8, 4) is 5.75 Å². The molecule has 0 saturated heterocycles. The summed E-state index contributed by atoms with van der Waals surface area (Å²) >= 11 is 1.51. The average molecular weight is 551 g/mol. The highest BCUT2D eigenvalue weighted by atomic mass is 32.1. The van der Waals surface area contributed by atoms with Crippen LogP contribution in [0.25, 0.3) is 0 Å². The summed E-state index contributed by atoms with van der Waals surface area (Å²) in [4.78, 5) is 36.2. The van der Waals surface area contributed by atoms with Crippen molar-refractivity contribution in [2.24, 2.45) is 0 Å². The molecule has 5 aromatic rings. The van der Waals surface area contributed by atoms with Crippen LogP contribution in [0.1, 0.15) is 15.9 Å². The Labute approximate surface area is 235 Å². The fourth-order valence-corrected chi connectivity index (χ4v) is 4.64. The van der Waals surface area contributed by atoms with Gasteiger partial charge in [-0.25, -0.2) is 9.78 Å². The van der Waals surface area contributed by atoms with Crippen LogP contribution in [0, 0.1) is 6.92 Å². The average Bonchev–Trinajstić information content (AvgIpc) is 3.51. The van der Waals surface area contributed by atoms with Crippen LogP contribution in [0.5, 0.6) is 5.75 Å². The van der Waals surface area contributed by atoms with Crippen molar-refractivity contribution in [3.05, 3.63) is 114 Å². The summed E-state index contributed by atoms with van der Waals surface area (Å²) in [6.45, 7) is 2.01. The fraction of sp³-hybridized carbons (Fsp3) is 0.0667. The molecule has 0 bridgehead atoms. The van der Waals surface area contributed by atoms with E-state index in [4.69, 9.17) is 4.74 Å². The van der Waals surface area contributed by atoms with Gasteiger partial charge in [-0.3, -0.25) is 14.7 Å². The minimum Gasteiger partial charge on any atom is -0.497 e. The van der Waals surface area contributed by atoms with E-state index < -0.39 is 6.03 Å². The van der Waals surface area contributed by atoms with E-state index in [1.807, 2.05) is 47.5 Å². The maximum absolute atomic E-state index is 13.1. The number of urea groups is 1. The van der Waals surface area contributed by atoms with Gasteiger partial charge >= 0.3 is 6.03 Å². The summed E-state index contributed by atoms with van der Waals surface area (Å²) in [5, 5.41) is 11.2. The van der Waals surface area contributed by atoms with Crippen molar-refractivity contribution >= 4 is 56.8 Å². The summed E-state index contributed by atoms with van der Waals surface area (Å²) < 4.78 is 5.13. The summed E-state index contributed by atoms with van der Waals surface area (Å²) in [6.07, 6.45) is 5.26. The van der Waals surface area contributed by atoms with E-state index in [0.29, 0.717) is 28.4 Å². The summed E-state index contributed by atoms with van der Waals surface area (Å²) in [6, 6.07) is 22.9. The van der Waals surface area contributed by atoms with Gasteiger partial charge in [-0.05, 0) is 85.3 Å². The molecule has 0 aliphatic carbocycles. The van der Waals surface area contributed by atoms with Gasteiger partial charge in [-0.15, -0.1) is 11.3 Å². The predicted octanol–water partition coefficient (Wildman–Crippen LogP) is 7.22. The van der Waals surface area contributed by atoms with Gasteiger partial charge in [0, 0.05) is 40.4 Å².